The van der Waals surface area contributed by atoms with Crippen LogP contribution in [0.5, 0.6) is 0 Å². The minimum absolute atomic E-state index is 0.0248. The van der Waals surface area contributed by atoms with Crippen LogP contribution in [0, 0.1) is 11.7 Å². The van der Waals surface area contributed by atoms with Gasteiger partial charge in [-0.25, -0.2) is 4.39 Å². The van der Waals surface area contributed by atoms with Gasteiger partial charge in [-0.3, -0.25) is 9.59 Å². The lowest BCUT2D eigenvalue weighted by Crippen LogP contribution is -2.46. The van der Waals surface area contributed by atoms with Crippen molar-refractivity contribution in [2.75, 3.05) is 13.1 Å². The van der Waals surface area contributed by atoms with E-state index in [2.05, 4.69) is 10.5 Å². The van der Waals surface area contributed by atoms with Gasteiger partial charge in [-0.05, 0) is 44.0 Å². The van der Waals surface area contributed by atoms with Crippen molar-refractivity contribution in [3.05, 3.63) is 35.6 Å². The molecule has 2 aliphatic rings. The maximum atomic E-state index is 13.0. The van der Waals surface area contributed by atoms with Crippen LogP contribution in [0.2, 0.25) is 0 Å². The van der Waals surface area contributed by atoms with Crippen LogP contribution in [-0.4, -0.2) is 41.7 Å². The van der Waals surface area contributed by atoms with Crippen LogP contribution < -0.4 is 5.32 Å². The molecule has 3 rings (SSSR count). The van der Waals surface area contributed by atoms with Crippen LogP contribution >= 0.6 is 0 Å². The Morgan fingerprint density at radius 3 is 2.75 bits per heavy atom. The molecule has 2 aliphatic heterocycles. The number of amides is 2. The van der Waals surface area contributed by atoms with E-state index < -0.39 is 0 Å². The molecule has 1 saturated heterocycles. The van der Waals surface area contributed by atoms with Crippen molar-refractivity contribution in [3.8, 4) is 0 Å². The summed E-state index contributed by atoms with van der Waals surface area (Å²) in [5.74, 6) is -0.432. The van der Waals surface area contributed by atoms with E-state index in [0.29, 0.717) is 30.9 Å². The molecule has 0 aliphatic carbocycles. The maximum absolute atomic E-state index is 13.0. The van der Waals surface area contributed by atoms with E-state index >= 15 is 0 Å². The van der Waals surface area contributed by atoms with Gasteiger partial charge in [0.25, 0.3) is 5.91 Å². The molecule has 1 fully saturated rings. The summed E-state index contributed by atoms with van der Waals surface area (Å²) in [5, 5.41) is 6.61. The Bertz CT molecular complexity index is 660. The number of nitrogens with zero attached hydrogens (tertiary/aromatic N) is 2. The predicted octanol–water partition coefficient (Wildman–Crippen LogP) is 1.92. The summed E-state index contributed by atoms with van der Waals surface area (Å²) in [6.07, 6.45) is 2.03. The van der Waals surface area contributed by atoms with Gasteiger partial charge in [0.15, 0.2) is 5.84 Å². The average molecular weight is 333 g/mol. The van der Waals surface area contributed by atoms with Crippen LogP contribution in [0.25, 0.3) is 0 Å². The zero-order valence-corrected chi connectivity index (χ0v) is 13.5. The summed E-state index contributed by atoms with van der Waals surface area (Å²) in [6, 6.07) is 5.46. The second-order valence-electron chi connectivity index (χ2n) is 6.24. The highest BCUT2D eigenvalue weighted by atomic mass is 19.1. The van der Waals surface area contributed by atoms with E-state index in [1.165, 1.54) is 24.3 Å². The number of amidine groups is 1. The van der Waals surface area contributed by atoms with Crippen molar-refractivity contribution in [3.63, 3.8) is 0 Å². The van der Waals surface area contributed by atoms with Gasteiger partial charge in [-0.2, -0.15) is 0 Å². The number of piperidine rings is 1. The molecule has 7 heteroatoms. The molecule has 6 nitrogen and oxygen atoms in total. The van der Waals surface area contributed by atoms with Gasteiger partial charge in [0.1, 0.15) is 11.9 Å². The zero-order chi connectivity index (χ0) is 17.1. The first-order valence-corrected chi connectivity index (χ1v) is 8.11. The van der Waals surface area contributed by atoms with E-state index in [-0.39, 0.29) is 29.7 Å². The van der Waals surface area contributed by atoms with E-state index in [4.69, 9.17) is 4.84 Å². The Morgan fingerprint density at radius 2 is 2.08 bits per heavy atom. The van der Waals surface area contributed by atoms with E-state index in [9.17, 15) is 14.0 Å². The fourth-order valence-electron chi connectivity index (χ4n) is 2.97. The second-order valence-corrected chi connectivity index (χ2v) is 6.24. The molecule has 2 atom stereocenters. The fourth-order valence-corrected chi connectivity index (χ4v) is 2.97. The Labute approximate surface area is 139 Å². The number of halogens is 1. The molecule has 1 aromatic carbocycles. The molecule has 0 aromatic heterocycles. The second kappa shape index (κ2) is 6.98. The molecular weight excluding hydrogens is 313 g/mol. The summed E-state index contributed by atoms with van der Waals surface area (Å²) < 4.78 is 13.0. The zero-order valence-electron chi connectivity index (χ0n) is 13.5. The van der Waals surface area contributed by atoms with Crippen LogP contribution in [-0.2, 0) is 9.63 Å². The third-order valence-corrected chi connectivity index (χ3v) is 4.26. The van der Waals surface area contributed by atoms with Crippen LogP contribution in [0.3, 0.4) is 0 Å². The van der Waals surface area contributed by atoms with Gasteiger partial charge in [0.05, 0.1) is 5.92 Å². The summed E-state index contributed by atoms with van der Waals surface area (Å²) in [7, 11) is 0. The molecule has 128 valence electrons. The van der Waals surface area contributed by atoms with Crippen molar-refractivity contribution >= 4 is 17.6 Å². The van der Waals surface area contributed by atoms with Gasteiger partial charge >= 0.3 is 0 Å². The number of hydrogen-bond donors (Lipinski definition) is 1. The Hall–Kier alpha value is -2.44. The largest absolute Gasteiger partial charge is 0.391 e. The first kappa shape index (κ1) is 16.4. The molecule has 0 spiro atoms. The van der Waals surface area contributed by atoms with Crippen LogP contribution in [0.15, 0.2) is 29.4 Å². The van der Waals surface area contributed by atoms with E-state index in [1.54, 1.807) is 4.90 Å². The van der Waals surface area contributed by atoms with Crippen molar-refractivity contribution in [1.29, 1.82) is 0 Å². The Balaban J connectivity index is 1.60. The molecule has 0 unspecified atom stereocenters. The highest BCUT2D eigenvalue weighted by Crippen LogP contribution is 2.19. The van der Waals surface area contributed by atoms with Gasteiger partial charge in [0, 0.05) is 25.1 Å². The lowest BCUT2D eigenvalue weighted by atomic mass is 9.96. The molecule has 0 saturated carbocycles. The Morgan fingerprint density at radius 1 is 1.33 bits per heavy atom. The van der Waals surface area contributed by atoms with Gasteiger partial charge in [-0.1, -0.05) is 5.16 Å². The van der Waals surface area contributed by atoms with Gasteiger partial charge in [-0.15, -0.1) is 0 Å². The molecule has 1 N–H and O–H groups in total. The van der Waals surface area contributed by atoms with Gasteiger partial charge in [0.2, 0.25) is 5.91 Å². The molecule has 1 aromatic rings. The topological polar surface area (TPSA) is 71.0 Å². The quantitative estimate of drug-likeness (QED) is 0.899. The standard InChI is InChI=1S/C17H20FN3O3/c1-11-9-15(20-24-11)19-16(22)13-3-2-8-21(10-13)17(23)12-4-6-14(18)7-5-12/h4-7,11,13H,2-3,8-10H2,1H3,(H,19,20,22)/t11-,13-/m0/s1. The summed E-state index contributed by atoms with van der Waals surface area (Å²) in [6.45, 7) is 2.83. The normalized spacial score (nSPS) is 23.4. The van der Waals surface area contributed by atoms with Crippen molar-refractivity contribution in [1.82, 2.24) is 10.2 Å². The maximum Gasteiger partial charge on any atom is 0.253 e. The monoisotopic (exact) mass is 333 g/mol. The highest BCUT2D eigenvalue weighted by molar-refractivity contribution is 6.00. The third-order valence-electron chi connectivity index (χ3n) is 4.26. The van der Waals surface area contributed by atoms with Gasteiger partial charge < -0.3 is 15.1 Å². The molecule has 0 bridgehead atoms. The average Bonchev–Trinajstić information content (AvgIpc) is 3.00. The molecule has 2 amide bonds. The number of nitrogens with one attached hydrogen (secondary N) is 1. The Kier molecular flexibility index (Phi) is 4.78. The number of carbonyl (C=O) groups excluding carboxylic acids is 2. The number of oxime groups is 1. The first-order valence-electron chi connectivity index (χ1n) is 8.11. The minimum atomic E-state index is -0.378. The van der Waals surface area contributed by atoms with Crippen LogP contribution in [0.4, 0.5) is 4.39 Å². The molecule has 2 heterocycles. The summed E-state index contributed by atoms with van der Waals surface area (Å²) >= 11 is 0. The first-order chi connectivity index (χ1) is 11.5. The number of rotatable bonds is 2. The predicted molar refractivity (Wildman–Crippen MR) is 85.8 cm³/mol. The summed E-state index contributed by atoms with van der Waals surface area (Å²) in [4.78, 5) is 31.6. The number of likely N-dealkylation sites (tertiary alicyclic amines) is 1. The lowest BCUT2D eigenvalue weighted by Gasteiger charge is -2.32. The van der Waals surface area contributed by atoms with Crippen LogP contribution in [0.1, 0.15) is 36.5 Å². The molecular formula is C17H20FN3O3. The molecule has 24 heavy (non-hydrogen) atoms. The smallest absolute Gasteiger partial charge is 0.253 e. The van der Waals surface area contributed by atoms with Crippen molar-refractivity contribution in [2.45, 2.75) is 32.3 Å². The summed E-state index contributed by atoms with van der Waals surface area (Å²) in [5.41, 5.74) is 0.430. The van der Waals surface area contributed by atoms with Crippen molar-refractivity contribution < 1.29 is 18.8 Å². The third kappa shape index (κ3) is 3.72. The highest BCUT2D eigenvalue weighted by Gasteiger charge is 2.30. The number of benzene rings is 1. The minimum Gasteiger partial charge on any atom is -0.391 e. The van der Waals surface area contributed by atoms with Crippen molar-refractivity contribution in [2.24, 2.45) is 11.1 Å². The fraction of sp³-hybridized carbons (Fsp3) is 0.471. The SMILES string of the molecule is C[C@H]1CC(NC(=O)[C@H]2CCCN(C(=O)c3ccc(F)cc3)C2)=NO1. The number of hydrogen-bond acceptors (Lipinski definition) is 4. The lowest BCUT2D eigenvalue weighted by molar-refractivity contribution is -0.124. The van der Waals surface area contributed by atoms with E-state index in [1.807, 2.05) is 6.92 Å². The number of carbonyl (C=O) groups is 2. The van der Waals surface area contributed by atoms with E-state index in [0.717, 1.165) is 12.8 Å². The molecule has 0 radical (unpaired) electrons.